The van der Waals surface area contributed by atoms with E-state index in [1.165, 1.54) is 28.7 Å². The third-order valence-electron chi connectivity index (χ3n) is 4.85. The van der Waals surface area contributed by atoms with Crippen molar-refractivity contribution in [1.82, 2.24) is 0 Å². The lowest BCUT2D eigenvalue weighted by Crippen LogP contribution is -2.07. The molecule has 0 radical (unpaired) electrons. The Morgan fingerprint density at radius 3 is 2.43 bits per heavy atom. The van der Waals surface area contributed by atoms with Gasteiger partial charge in [0.05, 0.1) is 0 Å². The van der Waals surface area contributed by atoms with Crippen molar-refractivity contribution in [1.29, 1.82) is 0 Å². The number of allylic oxidation sites excluding steroid dienone is 2. The molecular weight excluding hydrogens is 362 g/mol. The molecule has 0 amide bonds. The molecule has 0 saturated carbocycles. The third kappa shape index (κ3) is 5.45. The lowest BCUT2D eigenvalue weighted by atomic mass is 9.89. The van der Waals surface area contributed by atoms with Crippen molar-refractivity contribution in [3.8, 4) is 0 Å². The first-order valence-electron chi connectivity index (χ1n) is 10.3. The van der Waals surface area contributed by atoms with Crippen LogP contribution < -0.4 is 0 Å². The third-order valence-corrected chi connectivity index (χ3v) is 5.26. The fraction of sp³-hybridized carbons (Fsp3) is 0.346. The second kappa shape index (κ2) is 11.0. The van der Waals surface area contributed by atoms with Crippen LogP contribution >= 0.6 is 11.6 Å². The Bertz CT molecular complexity index is 874. The molecule has 1 aliphatic rings. The van der Waals surface area contributed by atoms with E-state index in [4.69, 9.17) is 16.6 Å². The molecule has 2 heteroatoms. The average Bonchev–Trinajstić information content (AvgIpc) is 2.71. The molecule has 0 fully saturated rings. The molecule has 2 aromatic rings. The topological polar surface area (TPSA) is 12.4 Å². The fourth-order valence-electron chi connectivity index (χ4n) is 3.43. The molecule has 0 atom stereocenters. The van der Waals surface area contributed by atoms with Crippen molar-refractivity contribution >= 4 is 22.9 Å². The molecule has 28 heavy (non-hydrogen) atoms. The summed E-state index contributed by atoms with van der Waals surface area (Å²) in [7, 11) is 0. The number of nitrogens with zero attached hydrogens (tertiary/aromatic N) is 1. The van der Waals surface area contributed by atoms with Gasteiger partial charge in [-0.05, 0) is 72.1 Å². The van der Waals surface area contributed by atoms with Crippen LogP contribution in [0.5, 0.6) is 0 Å². The zero-order chi connectivity index (χ0) is 20.5. The van der Waals surface area contributed by atoms with Crippen LogP contribution in [0.3, 0.4) is 0 Å². The van der Waals surface area contributed by atoms with Gasteiger partial charge in [0.2, 0.25) is 0 Å². The Hall–Kier alpha value is -2.12. The van der Waals surface area contributed by atoms with E-state index < -0.39 is 0 Å². The van der Waals surface area contributed by atoms with Gasteiger partial charge in [0.1, 0.15) is 0 Å². The van der Waals surface area contributed by atoms with E-state index in [0.29, 0.717) is 0 Å². The highest BCUT2D eigenvalue weighted by Gasteiger charge is 2.15. The highest BCUT2D eigenvalue weighted by Crippen LogP contribution is 2.31. The first-order chi connectivity index (χ1) is 13.5. The molecule has 1 aliphatic heterocycles. The maximum absolute atomic E-state index is 6.27. The molecule has 0 unspecified atom stereocenters. The Kier molecular flexibility index (Phi) is 8.73. The summed E-state index contributed by atoms with van der Waals surface area (Å²) in [6.07, 6.45) is 9.17. The molecule has 1 nitrogen and oxygen atoms in total. The van der Waals surface area contributed by atoms with E-state index in [0.717, 1.165) is 47.5 Å². The number of hydrogen-bond donors (Lipinski definition) is 0. The summed E-state index contributed by atoms with van der Waals surface area (Å²) in [5.74, 6) is 0. The largest absolute Gasteiger partial charge is 0.260 e. The predicted molar refractivity (Wildman–Crippen MR) is 126 cm³/mol. The van der Waals surface area contributed by atoms with E-state index in [2.05, 4.69) is 57.7 Å². The Balaban J connectivity index is 0.000000878. The molecule has 0 bridgehead atoms. The van der Waals surface area contributed by atoms with Crippen LogP contribution in [0.25, 0.3) is 5.57 Å². The smallest absolute Gasteiger partial charge is 0.0479 e. The summed E-state index contributed by atoms with van der Waals surface area (Å²) in [5.41, 5.74) is 8.80. The molecular formula is C26H32ClN. The molecule has 0 aliphatic carbocycles. The Morgan fingerprint density at radius 2 is 1.86 bits per heavy atom. The summed E-state index contributed by atoms with van der Waals surface area (Å²) in [6.45, 7) is 12.4. The maximum Gasteiger partial charge on any atom is 0.0479 e. The first kappa shape index (κ1) is 22.2. The normalized spacial score (nSPS) is 13.2. The number of aliphatic imine (C=N–C) groups is 1. The summed E-state index contributed by atoms with van der Waals surface area (Å²) >= 11 is 6.27. The average molecular weight is 394 g/mol. The summed E-state index contributed by atoms with van der Waals surface area (Å²) < 4.78 is 0. The highest BCUT2D eigenvalue weighted by molar-refractivity contribution is 6.31. The monoisotopic (exact) mass is 393 g/mol. The van der Waals surface area contributed by atoms with Crippen molar-refractivity contribution in [3.05, 3.63) is 88.1 Å². The molecule has 2 aromatic carbocycles. The van der Waals surface area contributed by atoms with E-state index in [-0.39, 0.29) is 0 Å². The van der Waals surface area contributed by atoms with Crippen molar-refractivity contribution in [2.75, 3.05) is 0 Å². The van der Waals surface area contributed by atoms with Gasteiger partial charge >= 0.3 is 0 Å². The zero-order valence-electron chi connectivity index (χ0n) is 17.7. The van der Waals surface area contributed by atoms with Gasteiger partial charge in [-0.15, -0.1) is 6.58 Å². The number of halogens is 1. The molecule has 0 saturated heterocycles. The maximum atomic E-state index is 6.27. The van der Waals surface area contributed by atoms with Crippen LogP contribution in [0.2, 0.25) is 5.02 Å². The van der Waals surface area contributed by atoms with Crippen LogP contribution in [-0.2, 0) is 12.8 Å². The lowest BCUT2D eigenvalue weighted by Gasteiger charge is -2.19. The van der Waals surface area contributed by atoms with Gasteiger partial charge in [-0.3, -0.25) is 4.99 Å². The van der Waals surface area contributed by atoms with Gasteiger partial charge < -0.3 is 0 Å². The molecule has 1 heterocycles. The van der Waals surface area contributed by atoms with E-state index >= 15 is 0 Å². The van der Waals surface area contributed by atoms with Crippen LogP contribution in [0.1, 0.15) is 67.9 Å². The molecule has 0 spiro atoms. The van der Waals surface area contributed by atoms with Gasteiger partial charge in [-0.1, -0.05) is 75.2 Å². The predicted octanol–water partition coefficient (Wildman–Crippen LogP) is 7.98. The van der Waals surface area contributed by atoms with E-state index in [1.807, 2.05) is 25.3 Å². The van der Waals surface area contributed by atoms with Gasteiger partial charge in [0.15, 0.2) is 0 Å². The second-order valence-corrected chi connectivity index (χ2v) is 7.60. The van der Waals surface area contributed by atoms with Crippen molar-refractivity contribution in [2.24, 2.45) is 4.99 Å². The SMILES string of the molecule is C=CCc1cccc(C2=CN=C(c3ccc(C)c(Cl)c3)CC2)c1CC.CCC. The van der Waals surface area contributed by atoms with Gasteiger partial charge in [-0.2, -0.15) is 0 Å². The molecule has 148 valence electrons. The zero-order valence-corrected chi connectivity index (χ0v) is 18.4. The number of rotatable bonds is 5. The lowest BCUT2D eigenvalue weighted by molar-refractivity contribution is 1.03. The number of hydrogen-bond acceptors (Lipinski definition) is 1. The van der Waals surface area contributed by atoms with Gasteiger partial charge in [-0.25, -0.2) is 0 Å². The minimum Gasteiger partial charge on any atom is -0.260 e. The van der Waals surface area contributed by atoms with Crippen molar-refractivity contribution < 1.29 is 0 Å². The number of benzene rings is 2. The highest BCUT2D eigenvalue weighted by atomic mass is 35.5. The van der Waals surface area contributed by atoms with Crippen LogP contribution in [0.15, 0.2) is 60.2 Å². The molecule has 0 aromatic heterocycles. The van der Waals surface area contributed by atoms with Gasteiger partial charge in [0.25, 0.3) is 0 Å². The van der Waals surface area contributed by atoms with Crippen molar-refractivity contribution in [3.63, 3.8) is 0 Å². The van der Waals surface area contributed by atoms with Gasteiger partial charge in [0, 0.05) is 16.9 Å². The van der Waals surface area contributed by atoms with Crippen LogP contribution in [0, 0.1) is 6.92 Å². The summed E-state index contributed by atoms with van der Waals surface area (Å²) in [4.78, 5) is 4.76. The Labute approximate surface area is 175 Å². The minimum absolute atomic E-state index is 0.806. The minimum atomic E-state index is 0.806. The van der Waals surface area contributed by atoms with Crippen LogP contribution in [-0.4, -0.2) is 5.71 Å². The van der Waals surface area contributed by atoms with E-state index in [9.17, 15) is 0 Å². The Morgan fingerprint density at radius 1 is 1.11 bits per heavy atom. The quantitative estimate of drug-likeness (QED) is 0.456. The van der Waals surface area contributed by atoms with Crippen molar-refractivity contribution in [2.45, 2.75) is 59.8 Å². The number of aryl methyl sites for hydroxylation is 1. The summed E-state index contributed by atoms with van der Waals surface area (Å²) in [5, 5.41) is 0.806. The fourth-order valence-corrected chi connectivity index (χ4v) is 3.61. The first-order valence-corrected chi connectivity index (χ1v) is 10.7. The van der Waals surface area contributed by atoms with Crippen LogP contribution in [0.4, 0.5) is 0 Å². The summed E-state index contributed by atoms with van der Waals surface area (Å²) in [6, 6.07) is 12.8. The molecule has 0 N–H and O–H groups in total. The standard InChI is InChI=1S/C23H24ClN.C3H8/c1-4-7-17-8-6-9-21(20(17)5-2)19-12-13-23(25-15-19)18-11-10-16(3)22(24)14-18;1-3-2/h4,6,8-11,14-15H,1,5,7,12-13H2,2-3H3;3H2,1-2H3. The molecule has 3 rings (SSSR count). The second-order valence-electron chi connectivity index (χ2n) is 7.19. The van der Waals surface area contributed by atoms with E-state index in [1.54, 1.807) is 0 Å².